The molecule has 0 fully saturated rings. The molecule has 1 aromatic carbocycles. The quantitative estimate of drug-likeness (QED) is 0.822. The van der Waals surface area contributed by atoms with Gasteiger partial charge in [-0.1, -0.05) is 6.07 Å². The summed E-state index contributed by atoms with van der Waals surface area (Å²) in [6.45, 7) is 4.20. The molecule has 4 heteroatoms. The van der Waals surface area contributed by atoms with Crippen LogP contribution in [0.1, 0.15) is 25.5 Å². The minimum atomic E-state index is -0.459. The Kier molecular flexibility index (Phi) is 4.27. The lowest BCUT2D eigenvalue weighted by Crippen LogP contribution is -2.23. The lowest BCUT2D eigenvalue weighted by Gasteiger charge is -2.16. The summed E-state index contributed by atoms with van der Waals surface area (Å²) in [7, 11) is 0. The highest BCUT2D eigenvalue weighted by Crippen LogP contribution is 2.24. The number of hydrogen-bond acceptors (Lipinski definition) is 3. The monoisotopic (exact) mass is 222 g/mol. The summed E-state index contributed by atoms with van der Waals surface area (Å²) in [5, 5.41) is 21.3. The summed E-state index contributed by atoms with van der Waals surface area (Å²) in [5.74, 6) is -0.617. The van der Waals surface area contributed by atoms with E-state index in [-0.39, 0.29) is 17.7 Å². The van der Waals surface area contributed by atoms with Crippen LogP contribution in [-0.2, 0) is 0 Å². The van der Waals surface area contributed by atoms with Crippen molar-refractivity contribution in [3.8, 4) is 11.8 Å². The van der Waals surface area contributed by atoms with Gasteiger partial charge >= 0.3 is 0 Å². The van der Waals surface area contributed by atoms with E-state index in [9.17, 15) is 9.50 Å². The normalized spacial score (nSPS) is 14.1. The Balaban J connectivity index is 2.66. The number of nitriles is 1. The fourth-order valence-electron chi connectivity index (χ4n) is 1.39. The first-order chi connectivity index (χ1) is 7.54. The van der Waals surface area contributed by atoms with Crippen LogP contribution >= 0.6 is 0 Å². The zero-order valence-electron chi connectivity index (χ0n) is 9.37. The topological polar surface area (TPSA) is 56.0 Å². The molecule has 0 aliphatic rings. The number of aromatic hydroxyl groups is 1. The van der Waals surface area contributed by atoms with Crippen molar-refractivity contribution < 1.29 is 9.50 Å². The molecule has 0 aliphatic carbocycles. The Labute approximate surface area is 94.5 Å². The Morgan fingerprint density at radius 1 is 1.50 bits per heavy atom. The SMILES string of the molecule is CC(C#N)CNC(C)c1ccc(F)cc1O. The molecule has 2 N–H and O–H groups in total. The molecule has 3 nitrogen and oxygen atoms in total. The molecule has 0 spiro atoms. The summed E-state index contributed by atoms with van der Waals surface area (Å²) in [6.07, 6.45) is 0. The zero-order chi connectivity index (χ0) is 12.1. The summed E-state index contributed by atoms with van der Waals surface area (Å²) >= 11 is 0. The maximum atomic E-state index is 12.8. The van der Waals surface area contributed by atoms with Gasteiger partial charge in [0.2, 0.25) is 0 Å². The lowest BCUT2D eigenvalue weighted by molar-refractivity contribution is 0.443. The standard InChI is InChI=1S/C12H15FN2O/c1-8(6-14)7-15-9(2)11-4-3-10(13)5-12(11)16/h3-5,8-9,15-16H,7H2,1-2H3. The van der Waals surface area contributed by atoms with Crippen LogP contribution in [0.2, 0.25) is 0 Å². The van der Waals surface area contributed by atoms with Crippen LogP contribution in [0, 0.1) is 23.1 Å². The number of phenols is 1. The molecule has 2 unspecified atom stereocenters. The van der Waals surface area contributed by atoms with E-state index in [4.69, 9.17) is 5.26 Å². The Morgan fingerprint density at radius 2 is 2.19 bits per heavy atom. The molecule has 0 bridgehead atoms. The summed E-state index contributed by atoms with van der Waals surface area (Å²) in [4.78, 5) is 0. The Morgan fingerprint density at radius 3 is 2.75 bits per heavy atom. The highest BCUT2D eigenvalue weighted by Gasteiger charge is 2.11. The summed E-state index contributed by atoms with van der Waals surface area (Å²) < 4.78 is 12.8. The maximum absolute atomic E-state index is 12.8. The third-order valence-electron chi connectivity index (χ3n) is 2.41. The molecular formula is C12H15FN2O. The van der Waals surface area contributed by atoms with Gasteiger partial charge in [-0.2, -0.15) is 5.26 Å². The number of phenolic OH excluding ortho intramolecular Hbond substituents is 1. The molecular weight excluding hydrogens is 207 g/mol. The van der Waals surface area contributed by atoms with Crippen molar-refractivity contribution in [1.82, 2.24) is 5.32 Å². The average molecular weight is 222 g/mol. The van der Waals surface area contributed by atoms with E-state index < -0.39 is 5.82 Å². The van der Waals surface area contributed by atoms with Gasteiger partial charge in [-0.05, 0) is 19.9 Å². The molecule has 0 saturated heterocycles. The van der Waals surface area contributed by atoms with Crippen LogP contribution in [0.15, 0.2) is 18.2 Å². The largest absolute Gasteiger partial charge is 0.508 e. The first-order valence-electron chi connectivity index (χ1n) is 5.16. The molecule has 0 radical (unpaired) electrons. The van der Waals surface area contributed by atoms with E-state index in [2.05, 4.69) is 11.4 Å². The van der Waals surface area contributed by atoms with Gasteiger partial charge in [0.1, 0.15) is 11.6 Å². The second-order valence-corrected chi connectivity index (χ2v) is 3.86. The number of nitrogens with zero attached hydrogens (tertiary/aromatic N) is 1. The summed E-state index contributed by atoms with van der Waals surface area (Å²) in [5.41, 5.74) is 0.631. The van der Waals surface area contributed by atoms with Crippen LogP contribution in [0.4, 0.5) is 4.39 Å². The smallest absolute Gasteiger partial charge is 0.126 e. The van der Waals surface area contributed by atoms with Gasteiger partial charge in [0.25, 0.3) is 0 Å². The van der Waals surface area contributed by atoms with Crippen LogP contribution < -0.4 is 5.32 Å². The van der Waals surface area contributed by atoms with Crippen molar-refractivity contribution >= 4 is 0 Å². The van der Waals surface area contributed by atoms with Crippen molar-refractivity contribution in [2.45, 2.75) is 19.9 Å². The maximum Gasteiger partial charge on any atom is 0.126 e. The highest BCUT2D eigenvalue weighted by atomic mass is 19.1. The number of hydrogen-bond donors (Lipinski definition) is 2. The Hall–Kier alpha value is -1.60. The van der Waals surface area contributed by atoms with Crippen molar-refractivity contribution in [3.05, 3.63) is 29.6 Å². The second-order valence-electron chi connectivity index (χ2n) is 3.86. The third-order valence-corrected chi connectivity index (χ3v) is 2.41. The third kappa shape index (κ3) is 3.21. The number of rotatable bonds is 4. The number of halogens is 1. The molecule has 2 atom stereocenters. The van der Waals surface area contributed by atoms with Gasteiger partial charge in [0, 0.05) is 24.2 Å². The lowest BCUT2D eigenvalue weighted by atomic mass is 10.1. The first-order valence-corrected chi connectivity index (χ1v) is 5.16. The first kappa shape index (κ1) is 12.5. The van der Waals surface area contributed by atoms with Crippen molar-refractivity contribution in [1.29, 1.82) is 5.26 Å². The Bertz CT molecular complexity index is 400. The van der Waals surface area contributed by atoms with Crippen LogP contribution in [0.5, 0.6) is 5.75 Å². The molecule has 1 rings (SSSR count). The molecule has 1 aromatic rings. The van der Waals surface area contributed by atoms with Gasteiger partial charge in [-0.25, -0.2) is 4.39 Å². The molecule has 0 heterocycles. The van der Waals surface area contributed by atoms with Crippen molar-refractivity contribution in [2.24, 2.45) is 5.92 Å². The van der Waals surface area contributed by atoms with Gasteiger partial charge < -0.3 is 10.4 Å². The van der Waals surface area contributed by atoms with Gasteiger partial charge in [-0.15, -0.1) is 0 Å². The second kappa shape index (κ2) is 5.47. The predicted octanol–water partition coefficient (Wildman–Crippen LogP) is 2.34. The number of nitrogens with one attached hydrogen (secondary N) is 1. The minimum Gasteiger partial charge on any atom is -0.508 e. The molecule has 0 saturated carbocycles. The van der Waals surface area contributed by atoms with Gasteiger partial charge in [-0.3, -0.25) is 0 Å². The fourth-order valence-corrected chi connectivity index (χ4v) is 1.39. The van der Waals surface area contributed by atoms with Crippen molar-refractivity contribution in [3.63, 3.8) is 0 Å². The van der Waals surface area contributed by atoms with E-state index in [1.54, 1.807) is 6.07 Å². The average Bonchev–Trinajstić information content (AvgIpc) is 2.25. The zero-order valence-corrected chi connectivity index (χ0v) is 9.37. The molecule has 0 aromatic heterocycles. The molecule has 16 heavy (non-hydrogen) atoms. The van der Waals surface area contributed by atoms with Crippen LogP contribution in [0.25, 0.3) is 0 Å². The van der Waals surface area contributed by atoms with Crippen LogP contribution in [0.3, 0.4) is 0 Å². The van der Waals surface area contributed by atoms with Gasteiger partial charge in [0.05, 0.1) is 12.0 Å². The molecule has 86 valence electrons. The van der Waals surface area contributed by atoms with E-state index >= 15 is 0 Å². The summed E-state index contributed by atoms with van der Waals surface area (Å²) in [6, 6.07) is 5.93. The van der Waals surface area contributed by atoms with Crippen LogP contribution in [-0.4, -0.2) is 11.7 Å². The van der Waals surface area contributed by atoms with E-state index in [0.29, 0.717) is 12.1 Å². The van der Waals surface area contributed by atoms with E-state index in [1.165, 1.54) is 6.07 Å². The molecule has 0 amide bonds. The van der Waals surface area contributed by atoms with Crippen molar-refractivity contribution in [2.75, 3.05) is 6.54 Å². The van der Waals surface area contributed by atoms with E-state index in [1.807, 2.05) is 13.8 Å². The molecule has 0 aliphatic heterocycles. The highest BCUT2D eigenvalue weighted by molar-refractivity contribution is 5.34. The minimum absolute atomic E-state index is 0.0652. The number of benzene rings is 1. The fraction of sp³-hybridized carbons (Fsp3) is 0.417. The predicted molar refractivity (Wildman–Crippen MR) is 59.3 cm³/mol. The van der Waals surface area contributed by atoms with Gasteiger partial charge in [0.15, 0.2) is 0 Å². The van der Waals surface area contributed by atoms with E-state index in [0.717, 1.165) is 6.07 Å².